The Morgan fingerprint density at radius 3 is 3.03 bits per heavy atom. The lowest BCUT2D eigenvalue weighted by Gasteiger charge is -2.38. The number of halogens is 1. The molecule has 2 unspecified atom stereocenters. The lowest BCUT2D eigenvalue weighted by molar-refractivity contribution is -0.122. The summed E-state index contributed by atoms with van der Waals surface area (Å²) in [7, 11) is 0. The van der Waals surface area contributed by atoms with Crippen LogP contribution < -0.4 is 5.32 Å². The van der Waals surface area contributed by atoms with Crippen LogP contribution in [0.4, 0.5) is 16.0 Å². The molecule has 5 rings (SSSR count). The summed E-state index contributed by atoms with van der Waals surface area (Å²) in [6.07, 6.45) is 4.32. The molecule has 2 N–H and O–H groups in total. The van der Waals surface area contributed by atoms with E-state index in [9.17, 15) is 14.3 Å². The molecular formula is C25H24FN5O3. The third-order valence-electron chi connectivity index (χ3n) is 6.84. The Bertz CT molecular complexity index is 1270. The number of anilines is 2. The summed E-state index contributed by atoms with van der Waals surface area (Å²) in [6, 6.07) is 5.84. The number of ketones is 1. The summed E-state index contributed by atoms with van der Waals surface area (Å²) < 4.78 is 19.3. The van der Waals surface area contributed by atoms with Crippen molar-refractivity contribution in [2.45, 2.75) is 32.4 Å². The largest absolute Gasteiger partial charge is 0.496 e. The Labute approximate surface area is 196 Å². The van der Waals surface area contributed by atoms with Crippen molar-refractivity contribution >= 4 is 17.4 Å². The van der Waals surface area contributed by atoms with E-state index >= 15 is 0 Å². The summed E-state index contributed by atoms with van der Waals surface area (Å²) in [5.74, 6) is -0.351. The zero-order chi connectivity index (χ0) is 23.8. The molecule has 3 heterocycles. The third-order valence-corrected chi connectivity index (χ3v) is 6.84. The van der Waals surface area contributed by atoms with E-state index in [-0.39, 0.29) is 29.9 Å². The number of nitrogens with zero attached hydrogens (tertiary/aromatic N) is 4. The molecule has 0 radical (unpaired) electrons. The molecule has 0 saturated carbocycles. The number of carbonyl (C=O) groups excluding carboxylic acids is 1. The second-order valence-corrected chi connectivity index (χ2v) is 8.88. The minimum absolute atomic E-state index is 0.0298. The molecule has 3 aliphatic rings. The number of Topliss-reactive ketones (excluding diaryl/α,β-unsaturated/α-hetero) is 1. The van der Waals surface area contributed by atoms with Crippen molar-refractivity contribution in [2.24, 2.45) is 5.92 Å². The van der Waals surface area contributed by atoms with Crippen molar-refractivity contribution in [1.82, 2.24) is 14.9 Å². The summed E-state index contributed by atoms with van der Waals surface area (Å²) in [5, 5.41) is 21.9. The Kier molecular flexibility index (Phi) is 5.86. The highest BCUT2D eigenvalue weighted by Crippen LogP contribution is 2.36. The van der Waals surface area contributed by atoms with Gasteiger partial charge in [-0.15, -0.1) is 0 Å². The van der Waals surface area contributed by atoms with Crippen LogP contribution in [0.3, 0.4) is 0 Å². The smallest absolute Gasteiger partial charge is 0.227 e. The molecule has 174 valence electrons. The fourth-order valence-electron chi connectivity index (χ4n) is 4.86. The number of aromatic nitrogens is 2. The highest BCUT2D eigenvalue weighted by Gasteiger charge is 2.36. The van der Waals surface area contributed by atoms with Gasteiger partial charge >= 0.3 is 0 Å². The molecule has 1 aromatic carbocycles. The van der Waals surface area contributed by atoms with Gasteiger partial charge in [0.2, 0.25) is 5.95 Å². The topological polar surface area (TPSA) is 111 Å². The fraction of sp³-hybridized carbons (Fsp3) is 0.360. The molecule has 0 spiro atoms. The molecule has 2 aromatic rings. The van der Waals surface area contributed by atoms with Gasteiger partial charge in [0.25, 0.3) is 0 Å². The zero-order valence-corrected chi connectivity index (χ0v) is 18.7. The van der Waals surface area contributed by atoms with Gasteiger partial charge in [0.05, 0.1) is 30.0 Å². The van der Waals surface area contributed by atoms with E-state index in [1.54, 1.807) is 24.6 Å². The predicted molar refractivity (Wildman–Crippen MR) is 121 cm³/mol. The molecule has 0 fully saturated rings. The van der Waals surface area contributed by atoms with Crippen molar-refractivity contribution in [3.05, 3.63) is 70.0 Å². The van der Waals surface area contributed by atoms with Crippen LogP contribution in [0.15, 0.2) is 47.4 Å². The molecule has 8 nitrogen and oxygen atoms in total. The normalized spacial score (nSPS) is 21.9. The number of ether oxygens (including phenoxy) is 1. The van der Waals surface area contributed by atoms with Gasteiger partial charge in [-0.05, 0) is 30.7 Å². The number of rotatable bonds is 5. The first-order valence-electron chi connectivity index (χ1n) is 11.2. The van der Waals surface area contributed by atoms with E-state index < -0.39 is 5.82 Å². The molecule has 0 saturated heterocycles. The average molecular weight is 461 g/mol. The van der Waals surface area contributed by atoms with Crippen LogP contribution in [0.1, 0.15) is 30.2 Å². The van der Waals surface area contributed by atoms with Crippen LogP contribution >= 0.6 is 0 Å². The van der Waals surface area contributed by atoms with Gasteiger partial charge in [-0.25, -0.2) is 14.4 Å². The molecule has 34 heavy (non-hydrogen) atoms. The SMILES string of the molecule is CC1=C2COC=C2CC(=O)C1CN1Cc2cnc(Nc3ccc(C#N)c(F)c3)nc2CC1CO. The van der Waals surface area contributed by atoms with Gasteiger partial charge in [-0.1, -0.05) is 5.57 Å². The Morgan fingerprint density at radius 2 is 2.26 bits per heavy atom. The van der Waals surface area contributed by atoms with Crippen molar-refractivity contribution in [3.8, 4) is 6.07 Å². The number of aliphatic hydroxyl groups is 1. The first-order chi connectivity index (χ1) is 16.5. The lowest BCUT2D eigenvalue weighted by atomic mass is 9.80. The van der Waals surface area contributed by atoms with Crippen LogP contribution in [0, 0.1) is 23.1 Å². The summed E-state index contributed by atoms with van der Waals surface area (Å²) in [4.78, 5) is 23.9. The standard InChI is InChI=1S/C25H24FN5O3/c1-14-20(24(33)4-16-12-34-13-21(14)16)10-31-9-17-8-28-25(30-23(17)6-19(31)11-32)29-18-3-2-15(7-27)22(26)5-18/h2-3,5,8,12,19-20,32H,4,6,9-11,13H2,1H3,(H,28,29,30). The molecule has 1 aromatic heterocycles. The maximum atomic E-state index is 13.9. The summed E-state index contributed by atoms with van der Waals surface area (Å²) >= 11 is 0. The monoisotopic (exact) mass is 461 g/mol. The Balaban J connectivity index is 1.34. The molecule has 0 amide bonds. The van der Waals surface area contributed by atoms with E-state index in [4.69, 9.17) is 10.00 Å². The first-order valence-corrected chi connectivity index (χ1v) is 11.2. The fourth-order valence-corrected chi connectivity index (χ4v) is 4.86. The van der Waals surface area contributed by atoms with E-state index in [0.29, 0.717) is 44.2 Å². The van der Waals surface area contributed by atoms with Gasteiger partial charge in [-0.3, -0.25) is 9.69 Å². The van der Waals surface area contributed by atoms with Gasteiger partial charge in [0.1, 0.15) is 24.3 Å². The van der Waals surface area contributed by atoms with Crippen molar-refractivity contribution < 1.29 is 19.0 Å². The maximum absolute atomic E-state index is 13.9. The van der Waals surface area contributed by atoms with E-state index in [0.717, 1.165) is 28.0 Å². The second-order valence-electron chi connectivity index (χ2n) is 8.88. The van der Waals surface area contributed by atoms with E-state index in [1.807, 2.05) is 6.92 Å². The van der Waals surface area contributed by atoms with Crippen LogP contribution in [0.2, 0.25) is 0 Å². The average Bonchev–Trinajstić information content (AvgIpc) is 3.30. The highest BCUT2D eigenvalue weighted by molar-refractivity contribution is 5.89. The maximum Gasteiger partial charge on any atom is 0.227 e. The predicted octanol–water partition coefficient (Wildman–Crippen LogP) is 2.77. The molecule has 9 heteroatoms. The number of nitriles is 1. The van der Waals surface area contributed by atoms with Crippen LogP contribution in [0.25, 0.3) is 0 Å². The highest BCUT2D eigenvalue weighted by atomic mass is 19.1. The molecular weight excluding hydrogens is 437 g/mol. The number of aliphatic hydroxyl groups excluding tert-OH is 1. The zero-order valence-electron chi connectivity index (χ0n) is 18.7. The van der Waals surface area contributed by atoms with Gasteiger partial charge in [0.15, 0.2) is 0 Å². The van der Waals surface area contributed by atoms with Crippen molar-refractivity contribution in [3.63, 3.8) is 0 Å². The Morgan fingerprint density at radius 1 is 1.41 bits per heavy atom. The van der Waals surface area contributed by atoms with Crippen molar-refractivity contribution in [2.75, 3.05) is 25.1 Å². The summed E-state index contributed by atoms with van der Waals surface area (Å²) in [6.45, 7) is 3.51. The molecule has 2 aliphatic heterocycles. The van der Waals surface area contributed by atoms with Gasteiger partial charge in [-0.2, -0.15) is 5.26 Å². The third kappa shape index (κ3) is 4.06. The molecule has 1 aliphatic carbocycles. The number of benzene rings is 1. The number of hydrogen-bond acceptors (Lipinski definition) is 8. The van der Waals surface area contributed by atoms with E-state index in [1.165, 1.54) is 12.1 Å². The lowest BCUT2D eigenvalue weighted by Crippen LogP contribution is -2.47. The second kappa shape index (κ2) is 8.97. The van der Waals surface area contributed by atoms with Gasteiger partial charge < -0.3 is 15.2 Å². The molecule has 0 bridgehead atoms. The molecule has 2 atom stereocenters. The van der Waals surface area contributed by atoms with Crippen LogP contribution in [-0.2, 0) is 22.5 Å². The Hall–Kier alpha value is -3.61. The number of hydrogen-bond donors (Lipinski definition) is 2. The number of nitrogens with one attached hydrogen (secondary N) is 1. The minimum Gasteiger partial charge on any atom is -0.496 e. The minimum atomic E-state index is -0.615. The van der Waals surface area contributed by atoms with E-state index in [2.05, 4.69) is 20.2 Å². The number of carbonyl (C=O) groups is 1. The summed E-state index contributed by atoms with van der Waals surface area (Å²) in [5.41, 5.74) is 5.31. The van der Waals surface area contributed by atoms with Crippen LogP contribution in [0.5, 0.6) is 0 Å². The van der Waals surface area contributed by atoms with Crippen molar-refractivity contribution in [1.29, 1.82) is 5.26 Å². The first kappa shape index (κ1) is 22.2. The van der Waals surface area contributed by atoms with Gasteiger partial charge in [0, 0.05) is 55.0 Å². The van der Waals surface area contributed by atoms with Crippen LogP contribution in [-0.4, -0.2) is 51.6 Å². The number of fused-ring (bicyclic) bond motifs is 2. The quantitative estimate of drug-likeness (QED) is 0.699.